The molecule has 22 heavy (non-hydrogen) atoms. The van der Waals surface area contributed by atoms with Crippen LogP contribution >= 0.6 is 24.0 Å². The molecule has 1 aliphatic heterocycles. The monoisotopic (exact) mass is 340 g/mol. The summed E-state index contributed by atoms with van der Waals surface area (Å²) < 4.78 is 14.3. The molecule has 0 atom stereocenters. The summed E-state index contributed by atoms with van der Waals surface area (Å²) in [6.45, 7) is 1.66. The van der Waals surface area contributed by atoms with Gasteiger partial charge in [0.15, 0.2) is 0 Å². The second kappa shape index (κ2) is 7.09. The first-order chi connectivity index (χ1) is 10.1. The normalized spacial score (nSPS) is 14.2. The summed E-state index contributed by atoms with van der Waals surface area (Å²) in [4.78, 5) is 4.15. The number of fused-ring (bicyclic) bond motifs is 1. The molecular weight excluding hydrogens is 326 g/mol. The Morgan fingerprint density at radius 3 is 3.00 bits per heavy atom. The van der Waals surface area contributed by atoms with Gasteiger partial charge in [-0.2, -0.15) is 0 Å². The molecule has 0 saturated heterocycles. The van der Waals surface area contributed by atoms with Gasteiger partial charge in [0.25, 0.3) is 0 Å². The van der Waals surface area contributed by atoms with Crippen LogP contribution in [0, 0.1) is 0 Å². The van der Waals surface area contributed by atoms with Crippen molar-refractivity contribution >= 4 is 35.9 Å². The lowest BCUT2D eigenvalue weighted by molar-refractivity contribution is 0.475. The molecule has 1 aliphatic rings. The minimum absolute atomic E-state index is 0. The zero-order valence-electron chi connectivity index (χ0n) is 11.6. The first-order valence-electron chi connectivity index (χ1n) is 6.68. The van der Waals surface area contributed by atoms with E-state index in [2.05, 4.69) is 10.3 Å². The van der Waals surface area contributed by atoms with Crippen LogP contribution in [0.15, 0.2) is 30.5 Å². The molecule has 2 N–H and O–H groups in total. The topological polar surface area (TPSA) is 45.2 Å². The van der Waals surface area contributed by atoms with E-state index in [4.69, 9.17) is 11.6 Å². The average molecular weight is 341 g/mol. The fourth-order valence-electron chi connectivity index (χ4n) is 2.35. The van der Waals surface area contributed by atoms with Gasteiger partial charge < -0.3 is 10.4 Å². The van der Waals surface area contributed by atoms with E-state index in [0.29, 0.717) is 5.56 Å². The molecule has 1 aromatic heterocycles. The molecule has 6 heteroatoms. The summed E-state index contributed by atoms with van der Waals surface area (Å²) in [6.07, 6.45) is 3.86. The molecule has 0 unspecified atom stereocenters. The van der Waals surface area contributed by atoms with Crippen LogP contribution in [0.4, 0.5) is 4.39 Å². The van der Waals surface area contributed by atoms with Gasteiger partial charge in [-0.3, -0.25) is 4.98 Å². The standard InChI is InChI=1S/C16H14ClFN2O.ClH/c17-16-11(2-1-3-15(16)21)6-13(18)14-7-10-4-5-19-8-12(10)9-20-14;/h1-3,6-7,9,19,21H,4-5,8H2;1H/b13-6-;. The molecule has 0 spiro atoms. The maximum absolute atomic E-state index is 14.3. The molecule has 0 amide bonds. The van der Waals surface area contributed by atoms with Gasteiger partial charge in [0, 0.05) is 12.7 Å². The molecule has 0 radical (unpaired) electrons. The van der Waals surface area contributed by atoms with Crippen LogP contribution < -0.4 is 5.32 Å². The smallest absolute Gasteiger partial charge is 0.149 e. The predicted molar refractivity (Wildman–Crippen MR) is 89.0 cm³/mol. The maximum Gasteiger partial charge on any atom is 0.149 e. The number of rotatable bonds is 2. The second-order valence-corrected chi connectivity index (χ2v) is 5.32. The summed E-state index contributed by atoms with van der Waals surface area (Å²) in [7, 11) is 0. The molecular formula is C16H15Cl2FN2O. The summed E-state index contributed by atoms with van der Waals surface area (Å²) in [5.74, 6) is -0.536. The Morgan fingerprint density at radius 1 is 1.36 bits per heavy atom. The molecule has 0 aliphatic carbocycles. The number of benzene rings is 1. The molecule has 3 nitrogen and oxygen atoms in total. The number of nitrogens with zero attached hydrogens (tertiary/aromatic N) is 1. The van der Waals surface area contributed by atoms with Crippen LogP contribution in [0.5, 0.6) is 5.75 Å². The number of halogens is 3. The van der Waals surface area contributed by atoms with E-state index in [0.717, 1.165) is 30.6 Å². The lowest BCUT2D eigenvalue weighted by Crippen LogP contribution is -2.23. The van der Waals surface area contributed by atoms with Crippen molar-refractivity contribution in [3.8, 4) is 5.75 Å². The third kappa shape index (κ3) is 3.40. The van der Waals surface area contributed by atoms with Crippen molar-refractivity contribution in [2.75, 3.05) is 6.54 Å². The van der Waals surface area contributed by atoms with E-state index in [-0.39, 0.29) is 28.9 Å². The quantitative estimate of drug-likeness (QED) is 0.869. The van der Waals surface area contributed by atoms with Crippen molar-refractivity contribution < 1.29 is 9.50 Å². The summed E-state index contributed by atoms with van der Waals surface area (Å²) >= 11 is 5.95. The highest BCUT2D eigenvalue weighted by molar-refractivity contribution is 6.33. The highest BCUT2D eigenvalue weighted by atomic mass is 35.5. The summed E-state index contributed by atoms with van der Waals surface area (Å²) in [5.41, 5.74) is 2.93. The Balaban J connectivity index is 0.00000176. The van der Waals surface area contributed by atoms with Gasteiger partial charge in [-0.25, -0.2) is 4.39 Å². The van der Waals surface area contributed by atoms with Gasteiger partial charge in [-0.05, 0) is 47.9 Å². The van der Waals surface area contributed by atoms with Crippen LogP contribution in [0.2, 0.25) is 5.02 Å². The zero-order valence-corrected chi connectivity index (χ0v) is 13.2. The van der Waals surface area contributed by atoms with Crippen LogP contribution in [-0.4, -0.2) is 16.6 Å². The van der Waals surface area contributed by atoms with Gasteiger partial charge in [-0.15, -0.1) is 12.4 Å². The maximum atomic E-state index is 14.3. The molecule has 116 valence electrons. The van der Waals surface area contributed by atoms with E-state index in [1.165, 1.54) is 12.1 Å². The van der Waals surface area contributed by atoms with Crippen molar-refractivity contribution in [3.63, 3.8) is 0 Å². The Bertz CT molecular complexity index is 719. The van der Waals surface area contributed by atoms with E-state index in [1.807, 2.05) is 0 Å². The Kier molecular flexibility index (Phi) is 5.40. The minimum atomic E-state index is -0.469. The lowest BCUT2D eigenvalue weighted by Gasteiger charge is -2.16. The van der Waals surface area contributed by atoms with Gasteiger partial charge in [-0.1, -0.05) is 23.7 Å². The third-order valence-corrected chi connectivity index (χ3v) is 3.92. The van der Waals surface area contributed by atoms with Gasteiger partial charge >= 0.3 is 0 Å². The summed E-state index contributed by atoms with van der Waals surface area (Å²) in [6, 6.07) is 6.50. The SMILES string of the molecule is Cl.Oc1cccc(/C=C(\F)c2cc3c(cn2)CNCC3)c1Cl. The van der Waals surface area contributed by atoms with Crippen LogP contribution in [0.1, 0.15) is 22.4 Å². The first kappa shape index (κ1) is 16.7. The van der Waals surface area contributed by atoms with Crippen LogP contribution in [0.3, 0.4) is 0 Å². The van der Waals surface area contributed by atoms with Crippen LogP contribution in [0.25, 0.3) is 11.9 Å². The number of aromatic nitrogens is 1. The number of pyridine rings is 1. The van der Waals surface area contributed by atoms with E-state index < -0.39 is 5.83 Å². The zero-order chi connectivity index (χ0) is 14.8. The highest BCUT2D eigenvalue weighted by Gasteiger charge is 2.12. The fraction of sp³-hybridized carbons (Fsp3) is 0.188. The minimum Gasteiger partial charge on any atom is -0.506 e. The molecule has 2 heterocycles. The fourth-order valence-corrected chi connectivity index (χ4v) is 2.53. The second-order valence-electron chi connectivity index (χ2n) is 4.94. The highest BCUT2D eigenvalue weighted by Crippen LogP contribution is 2.30. The Hall–Kier alpha value is -1.62. The van der Waals surface area contributed by atoms with E-state index in [1.54, 1.807) is 24.4 Å². The number of nitrogens with one attached hydrogen (secondary N) is 1. The molecule has 0 saturated carbocycles. The average Bonchev–Trinajstić information content (AvgIpc) is 2.51. The lowest BCUT2D eigenvalue weighted by atomic mass is 10.0. The van der Waals surface area contributed by atoms with Crippen molar-refractivity contribution in [3.05, 3.63) is 57.9 Å². The number of hydrogen-bond acceptors (Lipinski definition) is 3. The van der Waals surface area contributed by atoms with Crippen LogP contribution in [-0.2, 0) is 13.0 Å². The molecule has 2 aromatic rings. The summed E-state index contributed by atoms with van der Waals surface area (Å²) in [5, 5.41) is 12.9. The van der Waals surface area contributed by atoms with Gasteiger partial charge in [0.1, 0.15) is 11.6 Å². The Labute approximate surface area is 139 Å². The molecule has 0 bridgehead atoms. The van der Waals surface area contributed by atoms with E-state index in [9.17, 15) is 9.50 Å². The molecule has 3 rings (SSSR count). The van der Waals surface area contributed by atoms with Crippen molar-refractivity contribution in [1.29, 1.82) is 0 Å². The number of aromatic hydroxyl groups is 1. The largest absolute Gasteiger partial charge is 0.506 e. The first-order valence-corrected chi connectivity index (χ1v) is 7.06. The van der Waals surface area contributed by atoms with Gasteiger partial charge in [0.2, 0.25) is 0 Å². The number of hydrogen-bond donors (Lipinski definition) is 2. The van der Waals surface area contributed by atoms with Crippen molar-refractivity contribution in [1.82, 2.24) is 10.3 Å². The van der Waals surface area contributed by atoms with Gasteiger partial charge in [0.05, 0.1) is 10.7 Å². The van der Waals surface area contributed by atoms with Crippen molar-refractivity contribution in [2.24, 2.45) is 0 Å². The predicted octanol–water partition coefficient (Wildman–Crippen LogP) is 3.98. The number of phenolic OH excluding ortho intramolecular Hbond substituents is 1. The van der Waals surface area contributed by atoms with E-state index >= 15 is 0 Å². The Morgan fingerprint density at radius 2 is 2.18 bits per heavy atom. The number of phenols is 1. The molecule has 1 aromatic carbocycles. The molecule has 0 fully saturated rings. The van der Waals surface area contributed by atoms with Crippen molar-refractivity contribution in [2.45, 2.75) is 13.0 Å². The third-order valence-electron chi connectivity index (χ3n) is 3.50.